The molecule has 0 aromatic heterocycles. The Bertz CT molecular complexity index is 620. The molecule has 0 saturated carbocycles. The number of nitrogens with one attached hydrogen (secondary N) is 1. The van der Waals surface area contributed by atoms with Crippen LogP contribution in [0.15, 0.2) is 60.7 Å². The summed E-state index contributed by atoms with van der Waals surface area (Å²) in [5, 5.41) is 2.87. The molecule has 0 heterocycles. The maximum atomic E-state index is 11.9. The lowest BCUT2D eigenvalue weighted by Gasteiger charge is -2.07. The largest absolute Gasteiger partial charge is 0.493 e. The van der Waals surface area contributed by atoms with E-state index in [-0.39, 0.29) is 5.91 Å². The van der Waals surface area contributed by atoms with E-state index in [2.05, 4.69) is 12.2 Å². The number of hydrogen-bond donors (Lipinski definition) is 1. The van der Waals surface area contributed by atoms with Gasteiger partial charge in [-0.15, -0.1) is 0 Å². The molecule has 3 heteroatoms. The van der Waals surface area contributed by atoms with Gasteiger partial charge >= 0.3 is 0 Å². The molecule has 0 aliphatic heterocycles. The molecule has 0 radical (unpaired) electrons. The monoisotopic (exact) mass is 295 g/mol. The van der Waals surface area contributed by atoms with E-state index in [0.717, 1.165) is 23.3 Å². The van der Waals surface area contributed by atoms with E-state index >= 15 is 0 Å². The number of hydrogen-bond acceptors (Lipinski definition) is 2. The second kappa shape index (κ2) is 8.67. The Kier molecular flexibility index (Phi) is 6.24. The van der Waals surface area contributed by atoms with Crippen LogP contribution in [0.3, 0.4) is 0 Å². The summed E-state index contributed by atoms with van der Waals surface area (Å²) in [6.07, 6.45) is 4.28. The average molecular weight is 295 g/mol. The summed E-state index contributed by atoms with van der Waals surface area (Å²) < 4.78 is 5.66. The van der Waals surface area contributed by atoms with Gasteiger partial charge in [-0.25, -0.2) is 0 Å². The van der Waals surface area contributed by atoms with Gasteiger partial charge in [0.25, 0.3) is 0 Å². The van der Waals surface area contributed by atoms with Crippen LogP contribution in [0.25, 0.3) is 6.08 Å². The van der Waals surface area contributed by atoms with Crippen molar-refractivity contribution < 1.29 is 9.53 Å². The van der Waals surface area contributed by atoms with Gasteiger partial charge in [0, 0.05) is 18.2 Å². The van der Waals surface area contributed by atoms with E-state index in [0.29, 0.717) is 13.2 Å². The van der Waals surface area contributed by atoms with E-state index in [1.807, 2.05) is 54.6 Å². The molecule has 0 fully saturated rings. The van der Waals surface area contributed by atoms with Crippen molar-refractivity contribution in [3.05, 3.63) is 71.8 Å². The highest BCUT2D eigenvalue weighted by atomic mass is 16.5. The van der Waals surface area contributed by atoms with Crippen LogP contribution in [0.4, 0.5) is 0 Å². The van der Waals surface area contributed by atoms with E-state index in [9.17, 15) is 4.79 Å². The first-order valence-corrected chi connectivity index (χ1v) is 7.51. The van der Waals surface area contributed by atoms with Gasteiger partial charge in [0.1, 0.15) is 5.75 Å². The quantitative estimate of drug-likeness (QED) is 0.789. The SMILES string of the molecule is CCCOc1ccccc1/C=C/C(=O)NCc1ccccc1. The third-order valence-corrected chi connectivity index (χ3v) is 3.10. The van der Waals surface area contributed by atoms with Crippen molar-refractivity contribution in [1.29, 1.82) is 0 Å². The molecule has 1 N–H and O–H groups in total. The molecule has 0 bridgehead atoms. The van der Waals surface area contributed by atoms with Crippen LogP contribution in [0, 0.1) is 0 Å². The molecule has 3 nitrogen and oxygen atoms in total. The topological polar surface area (TPSA) is 38.3 Å². The number of ether oxygens (including phenoxy) is 1. The zero-order valence-corrected chi connectivity index (χ0v) is 12.8. The Morgan fingerprint density at radius 2 is 1.82 bits per heavy atom. The highest BCUT2D eigenvalue weighted by Crippen LogP contribution is 2.19. The Labute approximate surface area is 131 Å². The van der Waals surface area contributed by atoms with E-state index in [1.165, 1.54) is 6.08 Å². The third kappa shape index (κ3) is 5.09. The Morgan fingerprint density at radius 1 is 1.09 bits per heavy atom. The first kappa shape index (κ1) is 15.8. The van der Waals surface area contributed by atoms with E-state index in [4.69, 9.17) is 4.74 Å². The van der Waals surface area contributed by atoms with Crippen LogP contribution in [0.2, 0.25) is 0 Å². The molecule has 22 heavy (non-hydrogen) atoms. The standard InChI is InChI=1S/C19H21NO2/c1-2-14-22-18-11-7-6-10-17(18)12-13-19(21)20-15-16-8-4-3-5-9-16/h3-13H,2,14-15H2,1H3,(H,20,21)/b13-12+. The molecule has 1 amide bonds. The van der Waals surface area contributed by atoms with Crippen LogP contribution in [0.5, 0.6) is 5.75 Å². The maximum Gasteiger partial charge on any atom is 0.244 e. The lowest BCUT2D eigenvalue weighted by atomic mass is 10.2. The molecule has 0 saturated heterocycles. The third-order valence-electron chi connectivity index (χ3n) is 3.10. The average Bonchev–Trinajstić information content (AvgIpc) is 2.58. The van der Waals surface area contributed by atoms with Gasteiger partial charge in [-0.05, 0) is 24.1 Å². The first-order valence-electron chi connectivity index (χ1n) is 7.51. The summed E-state index contributed by atoms with van der Waals surface area (Å²) in [4.78, 5) is 11.9. The summed E-state index contributed by atoms with van der Waals surface area (Å²) in [6.45, 7) is 3.26. The summed E-state index contributed by atoms with van der Waals surface area (Å²) in [5.74, 6) is 0.686. The number of para-hydroxylation sites is 1. The summed E-state index contributed by atoms with van der Waals surface area (Å²) in [5.41, 5.74) is 1.99. The number of amides is 1. The molecule has 0 unspecified atom stereocenters. The fourth-order valence-corrected chi connectivity index (χ4v) is 1.97. The van der Waals surface area contributed by atoms with Crippen molar-refractivity contribution >= 4 is 12.0 Å². The number of rotatable bonds is 7. The van der Waals surface area contributed by atoms with Crippen molar-refractivity contribution in [2.45, 2.75) is 19.9 Å². The molecule has 0 spiro atoms. The Balaban J connectivity index is 1.92. The molecule has 2 aromatic rings. The zero-order valence-electron chi connectivity index (χ0n) is 12.8. The lowest BCUT2D eigenvalue weighted by molar-refractivity contribution is -0.116. The predicted octanol–water partition coefficient (Wildman–Crippen LogP) is 3.81. The second-order valence-corrected chi connectivity index (χ2v) is 4.92. The van der Waals surface area contributed by atoms with Crippen molar-refractivity contribution in [1.82, 2.24) is 5.32 Å². The number of carbonyl (C=O) groups excluding carboxylic acids is 1. The van der Waals surface area contributed by atoms with Crippen LogP contribution < -0.4 is 10.1 Å². The fraction of sp³-hybridized carbons (Fsp3) is 0.211. The van der Waals surface area contributed by atoms with Gasteiger partial charge in [0.15, 0.2) is 0 Å². The van der Waals surface area contributed by atoms with Gasteiger partial charge < -0.3 is 10.1 Å². The number of carbonyl (C=O) groups is 1. The molecular formula is C19H21NO2. The predicted molar refractivity (Wildman–Crippen MR) is 89.6 cm³/mol. The smallest absolute Gasteiger partial charge is 0.244 e. The minimum atomic E-state index is -0.117. The van der Waals surface area contributed by atoms with Crippen molar-refractivity contribution in [2.75, 3.05) is 6.61 Å². The summed E-state index contributed by atoms with van der Waals surface area (Å²) in [6, 6.07) is 17.5. The normalized spacial score (nSPS) is 10.6. The maximum absolute atomic E-state index is 11.9. The van der Waals surface area contributed by atoms with Crippen molar-refractivity contribution in [3.63, 3.8) is 0 Å². The van der Waals surface area contributed by atoms with Gasteiger partial charge in [-0.2, -0.15) is 0 Å². The lowest BCUT2D eigenvalue weighted by Crippen LogP contribution is -2.20. The Morgan fingerprint density at radius 3 is 2.59 bits per heavy atom. The molecule has 2 rings (SSSR count). The fourth-order valence-electron chi connectivity index (χ4n) is 1.97. The van der Waals surface area contributed by atoms with Crippen molar-refractivity contribution in [2.24, 2.45) is 0 Å². The van der Waals surface area contributed by atoms with Crippen LogP contribution in [-0.4, -0.2) is 12.5 Å². The van der Waals surface area contributed by atoms with Crippen LogP contribution >= 0.6 is 0 Å². The van der Waals surface area contributed by atoms with Gasteiger partial charge in [-0.3, -0.25) is 4.79 Å². The summed E-state index contributed by atoms with van der Waals surface area (Å²) in [7, 11) is 0. The molecule has 2 aromatic carbocycles. The summed E-state index contributed by atoms with van der Waals surface area (Å²) >= 11 is 0. The number of benzene rings is 2. The molecule has 0 aliphatic rings. The first-order chi connectivity index (χ1) is 10.8. The van der Waals surface area contributed by atoms with Crippen molar-refractivity contribution in [3.8, 4) is 5.75 Å². The molecule has 114 valence electrons. The minimum absolute atomic E-state index is 0.117. The highest BCUT2D eigenvalue weighted by molar-refractivity contribution is 5.92. The Hall–Kier alpha value is -2.55. The van der Waals surface area contributed by atoms with Gasteiger partial charge in [0.2, 0.25) is 5.91 Å². The molecule has 0 aliphatic carbocycles. The highest BCUT2D eigenvalue weighted by Gasteiger charge is 2.01. The van der Waals surface area contributed by atoms with Crippen LogP contribution in [-0.2, 0) is 11.3 Å². The zero-order chi connectivity index (χ0) is 15.6. The van der Waals surface area contributed by atoms with E-state index < -0.39 is 0 Å². The van der Waals surface area contributed by atoms with Gasteiger partial charge in [0.05, 0.1) is 6.61 Å². The van der Waals surface area contributed by atoms with Crippen LogP contribution in [0.1, 0.15) is 24.5 Å². The molecule has 0 atom stereocenters. The van der Waals surface area contributed by atoms with E-state index in [1.54, 1.807) is 6.08 Å². The van der Waals surface area contributed by atoms with Gasteiger partial charge in [-0.1, -0.05) is 55.5 Å². The second-order valence-electron chi connectivity index (χ2n) is 4.92. The minimum Gasteiger partial charge on any atom is -0.493 e. The molecular weight excluding hydrogens is 274 g/mol.